The second-order valence-electron chi connectivity index (χ2n) is 15.7. The van der Waals surface area contributed by atoms with Gasteiger partial charge in [0, 0.05) is 13.1 Å². The molecule has 0 saturated carbocycles. The van der Waals surface area contributed by atoms with Gasteiger partial charge in [-0.2, -0.15) is 0 Å². The van der Waals surface area contributed by atoms with Crippen molar-refractivity contribution in [3.63, 3.8) is 0 Å². The first-order valence-electron chi connectivity index (χ1n) is 15.8. The fourth-order valence-corrected chi connectivity index (χ4v) is 27.9. The lowest BCUT2D eigenvalue weighted by Crippen LogP contribution is -2.53. The summed E-state index contributed by atoms with van der Waals surface area (Å²) < 4.78 is 20.1. The maximum Gasteiger partial charge on any atom is 0.311 e. The van der Waals surface area contributed by atoms with Gasteiger partial charge in [-0.25, -0.2) is 0 Å². The van der Waals surface area contributed by atoms with Crippen molar-refractivity contribution in [2.24, 2.45) is 0 Å². The standard InChI is InChI=1S/C28H67N3O5Si5/c1-15-16-22-39(9,10)35-41(13,14)36-40(11,12)24-19-21-30-28(33)26-31(2,3)25-27(32)29-20-17-18-23-38(7,8)34-37(4,5)6/h15-26H2,1-14H3,(H-,29,30,32,33)/p+1. The molecular weight excluding hydrogens is 599 g/mol. The third kappa shape index (κ3) is 23.0. The highest BCUT2D eigenvalue weighted by molar-refractivity contribution is 6.88. The molecule has 0 bridgehead atoms. The molecule has 2 amide bonds. The zero-order valence-corrected chi connectivity index (χ0v) is 34.5. The zero-order valence-electron chi connectivity index (χ0n) is 29.5. The lowest BCUT2D eigenvalue weighted by molar-refractivity contribution is -0.874. The Morgan fingerprint density at radius 3 is 1.41 bits per heavy atom. The Kier molecular flexibility index (Phi) is 17.3. The molecule has 8 nitrogen and oxygen atoms in total. The van der Waals surface area contributed by atoms with Crippen molar-refractivity contribution in [2.75, 3.05) is 40.3 Å². The van der Waals surface area contributed by atoms with Crippen LogP contribution in [0.4, 0.5) is 0 Å². The molecule has 0 atom stereocenters. The number of hydrogen-bond donors (Lipinski definition) is 2. The molecule has 0 heterocycles. The summed E-state index contributed by atoms with van der Waals surface area (Å²) in [5.41, 5.74) is 0. The largest absolute Gasteiger partial charge is 0.456 e. The number of likely N-dealkylation sites (N-methyl/N-ethyl adjacent to an activating group) is 1. The van der Waals surface area contributed by atoms with Crippen molar-refractivity contribution in [2.45, 2.75) is 129 Å². The third-order valence-corrected chi connectivity index (χ3v) is 24.4. The molecule has 0 aromatic carbocycles. The van der Waals surface area contributed by atoms with Crippen LogP contribution in [0.2, 0.25) is 90.1 Å². The van der Waals surface area contributed by atoms with Crippen LogP contribution < -0.4 is 10.6 Å². The number of unbranched alkanes of at least 4 members (excludes halogenated alkanes) is 2. The second-order valence-corrected chi connectivity index (χ2v) is 37.2. The minimum Gasteiger partial charge on any atom is -0.456 e. The number of amides is 2. The van der Waals surface area contributed by atoms with Crippen LogP contribution in [0.25, 0.3) is 0 Å². The van der Waals surface area contributed by atoms with Crippen molar-refractivity contribution in [1.82, 2.24) is 10.6 Å². The van der Waals surface area contributed by atoms with Crippen LogP contribution in [0, 0.1) is 0 Å². The highest BCUT2D eigenvalue weighted by Gasteiger charge is 2.39. The molecule has 13 heteroatoms. The van der Waals surface area contributed by atoms with E-state index >= 15 is 0 Å². The van der Waals surface area contributed by atoms with E-state index in [1.165, 1.54) is 18.9 Å². The Balaban J connectivity index is 4.37. The molecule has 0 aromatic heterocycles. The quantitative estimate of drug-likeness (QED) is 0.0787. The summed E-state index contributed by atoms with van der Waals surface area (Å²) in [7, 11) is -5.07. The van der Waals surface area contributed by atoms with E-state index in [4.69, 9.17) is 12.3 Å². The first-order chi connectivity index (χ1) is 18.4. The van der Waals surface area contributed by atoms with Crippen LogP contribution in [0.15, 0.2) is 0 Å². The van der Waals surface area contributed by atoms with Gasteiger partial charge in [0.15, 0.2) is 46.4 Å². The van der Waals surface area contributed by atoms with Crippen LogP contribution in [0.1, 0.15) is 39.0 Å². The predicted molar refractivity (Wildman–Crippen MR) is 188 cm³/mol. The molecule has 0 aliphatic rings. The predicted octanol–water partition coefficient (Wildman–Crippen LogP) is 6.47. The summed E-state index contributed by atoms with van der Waals surface area (Å²) >= 11 is 0. The van der Waals surface area contributed by atoms with Crippen molar-refractivity contribution >= 4 is 53.6 Å². The summed E-state index contributed by atoms with van der Waals surface area (Å²) in [6, 6.07) is 3.28. The minimum absolute atomic E-state index is 0.00233. The number of carbonyl (C=O) groups is 2. The lowest BCUT2D eigenvalue weighted by atomic mass is 10.3. The fraction of sp³-hybridized carbons (Fsp3) is 0.929. The van der Waals surface area contributed by atoms with Crippen LogP contribution >= 0.6 is 0 Å². The van der Waals surface area contributed by atoms with Gasteiger partial charge in [-0.15, -0.1) is 0 Å². The van der Waals surface area contributed by atoms with Crippen molar-refractivity contribution < 1.29 is 26.4 Å². The molecule has 244 valence electrons. The normalized spacial score (nSPS) is 13.8. The van der Waals surface area contributed by atoms with Gasteiger partial charge in [0.05, 0.1) is 14.1 Å². The van der Waals surface area contributed by atoms with Gasteiger partial charge in [-0.3, -0.25) is 9.59 Å². The Hall–Kier alpha value is -0.136. The Bertz CT molecular complexity index is 802. The Morgan fingerprint density at radius 2 is 0.976 bits per heavy atom. The van der Waals surface area contributed by atoms with Gasteiger partial charge in [0.1, 0.15) is 0 Å². The van der Waals surface area contributed by atoms with Crippen molar-refractivity contribution in [3.8, 4) is 0 Å². The van der Waals surface area contributed by atoms with E-state index in [9.17, 15) is 9.59 Å². The number of rotatable bonds is 22. The smallest absolute Gasteiger partial charge is 0.311 e. The van der Waals surface area contributed by atoms with E-state index in [-0.39, 0.29) is 24.9 Å². The van der Waals surface area contributed by atoms with Crippen LogP contribution in [-0.2, 0) is 21.9 Å². The summed E-state index contributed by atoms with van der Waals surface area (Å²) in [6.07, 6.45) is 5.34. The van der Waals surface area contributed by atoms with E-state index in [0.717, 1.165) is 31.4 Å². The number of carbonyl (C=O) groups excluding carboxylic acids is 2. The molecule has 41 heavy (non-hydrogen) atoms. The number of nitrogens with one attached hydrogen (secondary N) is 2. The van der Waals surface area contributed by atoms with Crippen LogP contribution in [-0.4, -0.2) is 98.4 Å². The topological polar surface area (TPSA) is 85.9 Å². The fourth-order valence-electron chi connectivity index (χ4n) is 5.53. The second kappa shape index (κ2) is 17.4. The molecule has 0 rings (SSSR count). The van der Waals surface area contributed by atoms with Gasteiger partial charge < -0.3 is 27.5 Å². The Labute approximate surface area is 259 Å². The maximum absolute atomic E-state index is 12.6. The zero-order chi connectivity index (χ0) is 32.2. The van der Waals surface area contributed by atoms with E-state index in [0.29, 0.717) is 17.6 Å². The van der Waals surface area contributed by atoms with Gasteiger partial charge in [-0.1, -0.05) is 26.2 Å². The lowest BCUT2D eigenvalue weighted by Gasteiger charge is -2.38. The molecular formula is C28H68N3O5Si5+. The molecule has 0 spiro atoms. The molecule has 0 unspecified atom stereocenters. The number of nitrogens with zero attached hydrogens (tertiary/aromatic N) is 1. The minimum atomic E-state index is -2.19. The molecule has 0 aliphatic carbocycles. The monoisotopic (exact) mass is 666 g/mol. The van der Waals surface area contributed by atoms with Gasteiger partial charge in [0.2, 0.25) is 0 Å². The van der Waals surface area contributed by atoms with E-state index in [1.807, 2.05) is 14.1 Å². The summed E-state index contributed by atoms with van der Waals surface area (Å²) in [6.45, 7) is 28.9. The number of quaternary nitrogens is 1. The molecule has 2 N–H and O–H groups in total. The van der Waals surface area contributed by atoms with Gasteiger partial charge >= 0.3 is 8.56 Å². The SMILES string of the molecule is CCCC[Si](C)(C)O[Si](C)(C)O[Si](C)(C)CCCNC(=O)C[N+](C)(C)CC(=O)NCCCC[Si](C)(C)O[Si](C)(C)C. The van der Waals surface area contributed by atoms with Crippen molar-refractivity contribution in [3.05, 3.63) is 0 Å². The van der Waals surface area contributed by atoms with Crippen molar-refractivity contribution in [1.29, 1.82) is 0 Å². The van der Waals surface area contributed by atoms with E-state index in [1.54, 1.807) is 0 Å². The van der Waals surface area contributed by atoms with Gasteiger partial charge in [0.25, 0.3) is 11.8 Å². The molecule has 0 aliphatic heterocycles. The average molecular weight is 667 g/mol. The van der Waals surface area contributed by atoms with Crippen LogP contribution in [0.3, 0.4) is 0 Å². The number of hydrogen-bond acceptors (Lipinski definition) is 5. The highest BCUT2D eigenvalue weighted by atomic mass is 28.5. The highest BCUT2D eigenvalue weighted by Crippen LogP contribution is 2.26. The molecule has 0 fully saturated rings. The third-order valence-electron chi connectivity index (χ3n) is 6.71. The molecule has 0 aromatic rings. The van der Waals surface area contributed by atoms with Crippen LogP contribution in [0.5, 0.6) is 0 Å². The summed E-state index contributed by atoms with van der Waals surface area (Å²) in [5.74, 6) is -0.0167. The maximum atomic E-state index is 12.6. The molecule has 0 radical (unpaired) electrons. The summed E-state index contributed by atoms with van der Waals surface area (Å²) in [4.78, 5) is 25.2. The average Bonchev–Trinajstić information content (AvgIpc) is 2.70. The van der Waals surface area contributed by atoms with E-state index < -0.39 is 41.8 Å². The Morgan fingerprint density at radius 1 is 0.585 bits per heavy atom. The molecule has 0 saturated heterocycles. The van der Waals surface area contributed by atoms with E-state index in [2.05, 4.69) is 89.6 Å². The first kappa shape index (κ1) is 40.9. The van der Waals surface area contributed by atoms with Gasteiger partial charge in [-0.05, 0) is 103 Å². The first-order valence-corrected chi connectivity index (χ1v) is 31.4. The summed E-state index contributed by atoms with van der Waals surface area (Å²) in [5, 5.41) is 6.10.